The van der Waals surface area contributed by atoms with Crippen LogP contribution in [0.2, 0.25) is 0 Å². The van der Waals surface area contributed by atoms with E-state index in [1.807, 2.05) is 17.9 Å². The van der Waals surface area contributed by atoms with E-state index < -0.39 is 0 Å². The monoisotopic (exact) mass is 276 g/mol. The molecule has 1 aromatic rings. The Balaban J connectivity index is 2.05. The molecule has 0 spiro atoms. The number of esters is 1. The van der Waals surface area contributed by atoms with Gasteiger partial charge in [0.05, 0.1) is 24.7 Å². The van der Waals surface area contributed by atoms with Crippen LogP contribution in [-0.2, 0) is 16.1 Å². The summed E-state index contributed by atoms with van der Waals surface area (Å²) < 4.78 is 18.6. The van der Waals surface area contributed by atoms with E-state index in [-0.39, 0.29) is 23.6 Å². The molecule has 2 atom stereocenters. The van der Waals surface area contributed by atoms with E-state index in [2.05, 4.69) is 0 Å². The summed E-state index contributed by atoms with van der Waals surface area (Å²) in [6.45, 7) is 3.75. The highest BCUT2D eigenvalue weighted by Gasteiger charge is 2.35. The molecule has 20 heavy (non-hydrogen) atoms. The summed E-state index contributed by atoms with van der Waals surface area (Å²) in [5.74, 6) is -0.538. The van der Waals surface area contributed by atoms with Crippen LogP contribution in [0.15, 0.2) is 18.2 Å². The molecule has 1 saturated heterocycles. The normalized spacial score (nSPS) is 22.5. The molecular weight excluding hydrogens is 259 g/mol. The van der Waals surface area contributed by atoms with Crippen molar-refractivity contribution in [1.82, 2.24) is 4.90 Å². The van der Waals surface area contributed by atoms with Crippen molar-refractivity contribution in [1.29, 1.82) is 5.26 Å². The number of methoxy groups -OCH3 is 1. The van der Waals surface area contributed by atoms with Crippen LogP contribution in [0.4, 0.5) is 4.39 Å². The first-order valence-corrected chi connectivity index (χ1v) is 6.54. The molecule has 0 bridgehead atoms. The lowest BCUT2D eigenvalue weighted by Gasteiger charge is -2.16. The summed E-state index contributed by atoms with van der Waals surface area (Å²) in [6, 6.07) is 6.39. The quantitative estimate of drug-likeness (QED) is 0.792. The van der Waals surface area contributed by atoms with Gasteiger partial charge in [-0.3, -0.25) is 9.69 Å². The van der Waals surface area contributed by atoms with E-state index >= 15 is 0 Å². The Kier molecular flexibility index (Phi) is 4.35. The van der Waals surface area contributed by atoms with Gasteiger partial charge in [-0.2, -0.15) is 5.26 Å². The third kappa shape index (κ3) is 2.97. The molecule has 1 heterocycles. The Labute approximate surface area is 117 Å². The van der Waals surface area contributed by atoms with Crippen molar-refractivity contribution in [3.8, 4) is 6.07 Å². The average molecular weight is 276 g/mol. The highest BCUT2D eigenvalue weighted by molar-refractivity contribution is 5.73. The fraction of sp³-hybridized carbons (Fsp3) is 0.467. The van der Waals surface area contributed by atoms with Crippen LogP contribution >= 0.6 is 0 Å². The van der Waals surface area contributed by atoms with Gasteiger partial charge in [0.15, 0.2) is 0 Å². The van der Waals surface area contributed by atoms with Crippen molar-refractivity contribution < 1.29 is 13.9 Å². The Hall–Kier alpha value is -1.93. The van der Waals surface area contributed by atoms with E-state index in [0.717, 1.165) is 6.54 Å². The van der Waals surface area contributed by atoms with E-state index in [9.17, 15) is 9.18 Å². The van der Waals surface area contributed by atoms with Crippen molar-refractivity contribution in [2.24, 2.45) is 11.8 Å². The number of halogens is 1. The minimum Gasteiger partial charge on any atom is -0.469 e. The SMILES string of the molecule is COC(=O)C1CN(Cc2ccc(C#N)cc2F)CC1C. The fourth-order valence-electron chi connectivity index (χ4n) is 2.64. The molecular formula is C15H17FN2O2. The summed E-state index contributed by atoms with van der Waals surface area (Å²) >= 11 is 0. The van der Waals surface area contributed by atoms with Gasteiger partial charge in [-0.15, -0.1) is 0 Å². The number of carbonyl (C=O) groups is 1. The minimum atomic E-state index is -0.377. The Morgan fingerprint density at radius 2 is 2.30 bits per heavy atom. The smallest absolute Gasteiger partial charge is 0.310 e. The number of nitrogens with zero attached hydrogens (tertiary/aromatic N) is 2. The largest absolute Gasteiger partial charge is 0.469 e. The average Bonchev–Trinajstić information content (AvgIpc) is 2.81. The third-order valence-electron chi connectivity index (χ3n) is 3.77. The Morgan fingerprint density at radius 1 is 1.55 bits per heavy atom. The Morgan fingerprint density at radius 3 is 2.90 bits per heavy atom. The van der Waals surface area contributed by atoms with Gasteiger partial charge in [0.2, 0.25) is 0 Å². The van der Waals surface area contributed by atoms with E-state index in [1.165, 1.54) is 13.2 Å². The van der Waals surface area contributed by atoms with Crippen LogP contribution in [0.3, 0.4) is 0 Å². The van der Waals surface area contributed by atoms with Gasteiger partial charge in [-0.1, -0.05) is 13.0 Å². The lowest BCUT2D eigenvalue weighted by atomic mass is 9.99. The second-order valence-corrected chi connectivity index (χ2v) is 5.22. The second-order valence-electron chi connectivity index (χ2n) is 5.22. The zero-order chi connectivity index (χ0) is 14.7. The number of hydrogen-bond acceptors (Lipinski definition) is 4. The molecule has 0 saturated carbocycles. The summed E-state index contributed by atoms with van der Waals surface area (Å²) in [5.41, 5.74) is 0.857. The van der Waals surface area contributed by atoms with Crippen molar-refractivity contribution in [3.63, 3.8) is 0 Å². The van der Waals surface area contributed by atoms with Gasteiger partial charge in [0.25, 0.3) is 0 Å². The van der Waals surface area contributed by atoms with E-state index in [4.69, 9.17) is 10.00 Å². The van der Waals surface area contributed by atoms with Gasteiger partial charge < -0.3 is 4.74 Å². The van der Waals surface area contributed by atoms with Gasteiger partial charge in [-0.25, -0.2) is 4.39 Å². The van der Waals surface area contributed by atoms with Gasteiger partial charge in [-0.05, 0) is 18.1 Å². The molecule has 0 aliphatic carbocycles. The molecule has 0 amide bonds. The lowest BCUT2D eigenvalue weighted by molar-refractivity contribution is -0.146. The molecule has 4 nitrogen and oxygen atoms in total. The van der Waals surface area contributed by atoms with Crippen LogP contribution in [0.25, 0.3) is 0 Å². The summed E-state index contributed by atoms with van der Waals surface area (Å²) in [7, 11) is 1.39. The van der Waals surface area contributed by atoms with Gasteiger partial charge in [0, 0.05) is 25.2 Å². The zero-order valence-electron chi connectivity index (χ0n) is 11.6. The predicted molar refractivity (Wildman–Crippen MR) is 71.1 cm³/mol. The van der Waals surface area contributed by atoms with Crippen molar-refractivity contribution >= 4 is 5.97 Å². The van der Waals surface area contributed by atoms with E-state index in [0.29, 0.717) is 24.2 Å². The number of benzene rings is 1. The summed E-state index contributed by atoms with van der Waals surface area (Å²) in [4.78, 5) is 13.7. The van der Waals surface area contributed by atoms with Gasteiger partial charge >= 0.3 is 5.97 Å². The molecule has 5 heteroatoms. The van der Waals surface area contributed by atoms with Crippen LogP contribution in [-0.4, -0.2) is 31.1 Å². The molecule has 1 fully saturated rings. The standard InChI is InChI=1S/C15H17FN2O2/c1-10-7-18(9-13(10)15(19)20-2)8-12-4-3-11(6-17)5-14(12)16/h3-5,10,13H,7-9H2,1-2H3. The number of carbonyl (C=O) groups excluding carboxylic acids is 1. The summed E-state index contributed by atoms with van der Waals surface area (Å²) in [5, 5.41) is 8.72. The Bertz CT molecular complexity index is 553. The number of likely N-dealkylation sites (tertiary alicyclic amines) is 1. The molecule has 1 aromatic carbocycles. The van der Waals surface area contributed by atoms with E-state index in [1.54, 1.807) is 12.1 Å². The molecule has 0 aromatic heterocycles. The van der Waals surface area contributed by atoms with Gasteiger partial charge in [0.1, 0.15) is 5.82 Å². The lowest BCUT2D eigenvalue weighted by Crippen LogP contribution is -2.24. The number of hydrogen-bond donors (Lipinski definition) is 0. The zero-order valence-corrected chi connectivity index (χ0v) is 11.6. The molecule has 2 rings (SSSR count). The maximum Gasteiger partial charge on any atom is 0.310 e. The third-order valence-corrected chi connectivity index (χ3v) is 3.77. The first kappa shape index (κ1) is 14.5. The van der Waals surface area contributed by atoms with Crippen molar-refractivity contribution in [2.75, 3.05) is 20.2 Å². The minimum absolute atomic E-state index is 0.151. The topological polar surface area (TPSA) is 53.3 Å². The molecule has 0 N–H and O–H groups in total. The molecule has 106 valence electrons. The van der Waals surface area contributed by atoms with Crippen molar-refractivity contribution in [2.45, 2.75) is 13.5 Å². The van der Waals surface area contributed by atoms with Crippen LogP contribution < -0.4 is 0 Å². The summed E-state index contributed by atoms with van der Waals surface area (Å²) in [6.07, 6.45) is 0. The first-order valence-electron chi connectivity index (χ1n) is 6.54. The molecule has 0 radical (unpaired) electrons. The van der Waals surface area contributed by atoms with Crippen molar-refractivity contribution in [3.05, 3.63) is 35.1 Å². The second kappa shape index (κ2) is 6.02. The van der Waals surface area contributed by atoms with Crippen LogP contribution in [0, 0.1) is 29.0 Å². The highest BCUT2D eigenvalue weighted by atomic mass is 19.1. The number of nitriles is 1. The number of ether oxygens (including phenoxy) is 1. The maximum absolute atomic E-state index is 13.8. The predicted octanol–water partition coefficient (Wildman–Crippen LogP) is 1.94. The van der Waals surface area contributed by atoms with Crippen LogP contribution in [0.5, 0.6) is 0 Å². The number of rotatable bonds is 3. The fourth-order valence-corrected chi connectivity index (χ4v) is 2.64. The molecule has 1 aliphatic rings. The molecule has 1 aliphatic heterocycles. The maximum atomic E-state index is 13.8. The first-order chi connectivity index (χ1) is 9.55. The van der Waals surface area contributed by atoms with Crippen LogP contribution in [0.1, 0.15) is 18.1 Å². The highest BCUT2D eigenvalue weighted by Crippen LogP contribution is 2.26. The molecule has 2 unspecified atom stereocenters.